The number of rotatable bonds is 7. The molecule has 0 heterocycles. The first kappa shape index (κ1) is 18.0. The van der Waals surface area contributed by atoms with Gasteiger partial charge in [-0.15, -0.1) is 0 Å². The topological polar surface area (TPSA) is 110 Å². The van der Waals surface area contributed by atoms with E-state index in [0.29, 0.717) is 5.56 Å². The number of nitrogens with one attached hydrogen (secondary N) is 1. The van der Waals surface area contributed by atoms with Gasteiger partial charge in [-0.25, -0.2) is 25.9 Å². The van der Waals surface area contributed by atoms with Gasteiger partial charge in [0.25, 0.3) is 0 Å². The van der Waals surface area contributed by atoms with Gasteiger partial charge in [-0.3, -0.25) is 0 Å². The van der Waals surface area contributed by atoms with Crippen LogP contribution in [0.4, 0.5) is 0 Å². The van der Waals surface area contributed by atoms with Crippen molar-refractivity contribution in [1.82, 2.24) is 9.03 Å². The van der Waals surface area contributed by atoms with E-state index in [0.717, 1.165) is 4.31 Å². The third kappa shape index (κ3) is 5.00. The summed E-state index contributed by atoms with van der Waals surface area (Å²) in [7, 11) is -4.50. The second-order valence-corrected chi connectivity index (χ2v) is 8.90. The Morgan fingerprint density at radius 3 is 2.43 bits per heavy atom. The predicted octanol–water partition coefficient (Wildman–Crippen LogP) is -0.509. The summed E-state index contributed by atoms with van der Waals surface area (Å²) in [6.07, 6.45) is 0. The van der Waals surface area contributed by atoms with Crippen molar-refractivity contribution in [3.8, 4) is 0 Å². The van der Waals surface area contributed by atoms with Crippen molar-refractivity contribution < 1.29 is 16.8 Å². The molecule has 0 saturated heterocycles. The molecule has 0 radical (unpaired) electrons. The van der Waals surface area contributed by atoms with E-state index in [1.54, 1.807) is 6.07 Å². The van der Waals surface area contributed by atoms with E-state index in [1.165, 1.54) is 32.3 Å². The van der Waals surface area contributed by atoms with Crippen LogP contribution >= 0.6 is 12.2 Å². The highest BCUT2D eigenvalue weighted by Gasteiger charge is 2.18. The Morgan fingerprint density at radius 2 is 1.90 bits per heavy atom. The lowest BCUT2D eigenvalue weighted by Gasteiger charge is -2.12. The SMILES string of the molecule is CN(C)S(=O)(=O)CCNS(=O)(=O)c1cccc(C(N)=S)c1. The molecule has 0 aromatic heterocycles. The fraction of sp³-hybridized carbons (Fsp3) is 0.364. The number of hydrogen-bond acceptors (Lipinski definition) is 5. The van der Waals surface area contributed by atoms with Gasteiger partial charge in [0.2, 0.25) is 20.0 Å². The summed E-state index contributed by atoms with van der Waals surface area (Å²) in [5.74, 6) is -0.325. The van der Waals surface area contributed by atoms with Crippen molar-refractivity contribution in [2.75, 3.05) is 26.4 Å². The maximum atomic E-state index is 12.1. The molecule has 0 spiro atoms. The Kier molecular flexibility index (Phi) is 5.82. The molecule has 0 saturated carbocycles. The maximum Gasteiger partial charge on any atom is 0.240 e. The van der Waals surface area contributed by atoms with E-state index < -0.39 is 20.0 Å². The molecule has 0 fully saturated rings. The van der Waals surface area contributed by atoms with E-state index in [-0.39, 0.29) is 22.2 Å². The fourth-order valence-corrected chi connectivity index (χ4v) is 3.45. The third-order valence-corrected chi connectivity index (χ3v) is 6.16. The number of hydrogen-bond donors (Lipinski definition) is 2. The molecule has 0 aliphatic rings. The number of thiocarbonyl (C=S) groups is 1. The van der Waals surface area contributed by atoms with Crippen LogP contribution in [0.15, 0.2) is 29.2 Å². The van der Waals surface area contributed by atoms with Crippen molar-refractivity contribution in [2.45, 2.75) is 4.90 Å². The molecule has 0 amide bonds. The average Bonchev–Trinajstić information content (AvgIpc) is 2.38. The van der Waals surface area contributed by atoms with Crippen molar-refractivity contribution in [3.05, 3.63) is 29.8 Å². The van der Waals surface area contributed by atoms with Gasteiger partial charge in [-0.2, -0.15) is 0 Å². The van der Waals surface area contributed by atoms with Gasteiger partial charge in [-0.05, 0) is 12.1 Å². The summed E-state index contributed by atoms with van der Waals surface area (Å²) < 4.78 is 50.5. The monoisotopic (exact) mass is 351 g/mol. The van der Waals surface area contributed by atoms with Crippen LogP contribution in [0.1, 0.15) is 5.56 Å². The molecule has 7 nitrogen and oxygen atoms in total. The van der Waals surface area contributed by atoms with Crippen molar-refractivity contribution in [2.24, 2.45) is 5.73 Å². The van der Waals surface area contributed by atoms with Crippen molar-refractivity contribution in [3.63, 3.8) is 0 Å². The molecular formula is C11H17N3O4S3. The number of nitrogens with two attached hydrogens (primary N) is 1. The lowest BCUT2D eigenvalue weighted by atomic mass is 10.2. The summed E-state index contributed by atoms with van der Waals surface area (Å²) in [4.78, 5) is 0.0669. The van der Waals surface area contributed by atoms with Gasteiger partial charge in [0, 0.05) is 26.2 Å². The first-order valence-corrected chi connectivity index (χ1v) is 9.36. The second-order valence-electron chi connectivity index (χ2n) is 4.39. The zero-order chi connectivity index (χ0) is 16.3. The molecule has 0 aliphatic heterocycles. The van der Waals surface area contributed by atoms with Gasteiger partial charge in [0.15, 0.2) is 0 Å². The van der Waals surface area contributed by atoms with Gasteiger partial charge >= 0.3 is 0 Å². The molecule has 1 aromatic carbocycles. The van der Waals surface area contributed by atoms with Gasteiger partial charge in [0.1, 0.15) is 4.99 Å². The zero-order valence-electron chi connectivity index (χ0n) is 11.6. The third-order valence-electron chi connectivity index (χ3n) is 2.64. The Labute approximate surface area is 130 Å². The van der Waals surface area contributed by atoms with Crippen molar-refractivity contribution >= 4 is 37.3 Å². The lowest BCUT2D eigenvalue weighted by molar-refractivity contribution is 0.519. The Bertz CT molecular complexity index is 727. The highest BCUT2D eigenvalue weighted by molar-refractivity contribution is 7.90. The molecule has 118 valence electrons. The van der Waals surface area contributed by atoms with Gasteiger partial charge in [-0.1, -0.05) is 24.4 Å². The van der Waals surface area contributed by atoms with Crippen LogP contribution in [0.5, 0.6) is 0 Å². The molecule has 0 bridgehead atoms. The highest BCUT2D eigenvalue weighted by Crippen LogP contribution is 2.11. The van der Waals surface area contributed by atoms with E-state index in [2.05, 4.69) is 4.72 Å². The van der Waals surface area contributed by atoms with Gasteiger partial charge in [0.05, 0.1) is 10.6 Å². The molecule has 0 aliphatic carbocycles. The minimum atomic E-state index is -3.81. The van der Waals surface area contributed by atoms with Crippen LogP contribution in [0.2, 0.25) is 0 Å². The fourth-order valence-electron chi connectivity index (χ4n) is 1.39. The summed E-state index contributed by atoms with van der Waals surface area (Å²) in [5.41, 5.74) is 5.87. The molecule has 1 aromatic rings. The Hall–Kier alpha value is -1.07. The molecule has 0 unspecified atom stereocenters. The lowest BCUT2D eigenvalue weighted by Crippen LogP contribution is -2.34. The van der Waals surface area contributed by atoms with Crippen LogP contribution in [0.25, 0.3) is 0 Å². The van der Waals surface area contributed by atoms with E-state index in [4.69, 9.17) is 18.0 Å². The molecule has 1 rings (SSSR count). The summed E-state index contributed by atoms with van der Waals surface area (Å²) >= 11 is 4.79. The highest BCUT2D eigenvalue weighted by atomic mass is 32.2. The Morgan fingerprint density at radius 1 is 1.29 bits per heavy atom. The van der Waals surface area contributed by atoms with E-state index in [9.17, 15) is 16.8 Å². The molecular weight excluding hydrogens is 334 g/mol. The minimum absolute atomic E-state index is 0.0185. The van der Waals surface area contributed by atoms with E-state index in [1.807, 2.05) is 0 Å². The van der Waals surface area contributed by atoms with Crippen LogP contribution in [-0.2, 0) is 20.0 Å². The molecule has 0 atom stereocenters. The standard InChI is InChI=1S/C11H17N3O4S3/c1-14(2)20(15,16)7-6-13-21(17,18)10-5-3-4-9(8-10)11(12)19/h3-5,8,13H,6-7H2,1-2H3,(H2,12,19). The largest absolute Gasteiger partial charge is 0.389 e. The minimum Gasteiger partial charge on any atom is -0.389 e. The van der Waals surface area contributed by atoms with Crippen LogP contribution in [0, 0.1) is 0 Å². The quantitative estimate of drug-likeness (QED) is 0.640. The maximum absolute atomic E-state index is 12.1. The molecule has 10 heteroatoms. The van der Waals surface area contributed by atoms with Crippen LogP contribution < -0.4 is 10.5 Å². The van der Waals surface area contributed by atoms with Crippen molar-refractivity contribution in [1.29, 1.82) is 0 Å². The first-order valence-electron chi connectivity index (χ1n) is 5.86. The molecule has 21 heavy (non-hydrogen) atoms. The number of sulfonamides is 2. The van der Waals surface area contributed by atoms with Crippen LogP contribution in [0.3, 0.4) is 0 Å². The van der Waals surface area contributed by atoms with E-state index >= 15 is 0 Å². The number of benzene rings is 1. The second kappa shape index (κ2) is 6.79. The first-order chi connectivity index (χ1) is 9.56. The molecule has 3 N–H and O–H groups in total. The number of nitrogens with zero attached hydrogens (tertiary/aromatic N) is 1. The Balaban J connectivity index is 2.84. The summed E-state index contributed by atoms with van der Waals surface area (Å²) in [5, 5.41) is 0. The normalized spacial score (nSPS) is 12.5. The smallest absolute Gasteiger partial charge is 0.240 e. The summed E-state index contributed by atoms with van der Waals surface area (Å²) in [6, 6.07) is 5.83. The summed E-state index contributed by atoms with van der Waals surface area (Å²) in [6.45, 7) is -0.222. The van der Waals surface area contributed by atoms with Crippen LogP contribution in [-0.4, -0.2) is 52.5 Å². The van der Waals surface area contributed by atoms with Gasteiger partial charge < -0.3 is 5.73 Å². The zero-order valence-corrected chi connectivity index (χ0v) is 14.1. The predicted molar refractivity (Wildman–Crippen MR) is 85.0 cm³/mol. The average molecular weight is 351 g/mol.